The minimum absolute atomic E-state index is 0.0304. The van der Waals surface area contributed by atoms with Crippen molar-refractivity contribution in [3.63, 3.8) is 0 Å². The summed E-state index contributed by atoms with van der Waals surface area (Å²) in [5.41, 5.74) is 5.85. The second-order valence-corrected chi connectivity index (χ2v) is 14.1. The highest BCUT2D eigenvalue weighted by atomic mass is 32.2. The van der Waals surface area contributed by atoms with Crippen molar-refractivity contribution in [2.24, 2.45) is 0 Å². The topological polar surface area (TPSA) is 99.2 Å². The first kappa shape index (κ1) is 33.3. The quantitative estimate of drug-likeness (QED) is 0.183. The van der Waals surface area contributed by atoms with Crippen molar-refractivity contribution in [3.05, 3.63) is 76.3 Å². The molecule has 2 aliphatic rings. The van der Waals surface area contributed by atoms with Crippen LogP contribution in [0.1, 0.15) is 59.0 Å². The van der Waals surface area contributed by atoms with Crippen molar-refractivity contribution in [1.82, 2.24) is 0 Å². The van der Waals surface area contributed by atoms with Crippen molar-refractivity contribution >= 4 is 27.4 Å². The van der Waals surface area contributed by atoms with Crippen LogP contribution in [0.25, 0.3) is 11.1 Å². The number of hydrogen-bond donors (Lipinski definition) is 0. The van der Waals surface area contributed by atoms with Gasteiger partial charge in [-0.3, -0.25) is 14.5 Å². The van der Waals surface area contributed by atoms with Crippen LogP contribution in [-0.2, 0) is 30.6 Å². The molecule has 0 N–H and O–H groups in total. The Morgan fingerprint density at radius 2 is 1.76 bits per heavy atom. The molecule has 0 spiro atoms. The molecule has 3 aromatic rings. The lowest BCUT2D eigenvalue weighted by Crippen LogP contribution is -2.43. The van der Waals surface area contributed by atoms with E-state index in [4.69, 9.17) is 14.2 Å². The third kappa shape index (κ3) is 7.01. The largest absolute Gasteiger partial charge is 0.494 e. The molecular formula is C34H36F3NO7S. The number of benzene rings is 3. The molecule has 0 radical (unpaired) electrons. The number of amides is 1. The Bertz CT molecular complexity index is 1750. The summed E-state index contributed by atoms with van der Waals surface area (Å²) >= 11 is 0. The Labute approximate surface area is 266 Å². The van der Waals surface area contributed by atoms with E-state index in [1.807, 2.05) is 32.0 Å². The van der Waals surface area contributed by atoms with Gasteiger partial charge >= 0.3 is 18.1 Å². The maximum atomic E-state index is 14.1. The van der Waals surface area contributed by atoms with Gasteiger partial charge in [0, 0.05) is 29.5 Å². The van der Waals surface area contributed by atoms with Gasteiger partial charge in [0.05, 0.1) is 38.5 Å². The van der Waals surface area contributed by atoms with Gasteiger partial charge < -0.3 is 14.2 Å². The summed E-state index contributed by atoms with van der Waals surface area (Å²) in [4.78, 5) is 25.7. The fraction of sp³-hybridized carbons (Fsp3) is 0.412. The molecule has 0 saturated carbocycles. The number of rotatable bonds is 10. The zero-order valence-electron chi connectivity index (χ0n) is 26.1. The molecule has 0 bridgehead atoms. The summed E-state index contributed by atoms with van der Waals surface area (Å²) < 4.78 is 81.4. The van der Waals surface area contributed by atoms with E-state index in [-0.39, 0.29) is 43.4 Å². The lowest BCUT2D eigenvalue weighted by atomic mass is 9.90. The summed E-state index contributed by atoms with van der Waals surface area (Å²) in [5.74, 6) is -1.72. The van der Waals surface area contributed by atoms with Gasteiger partial charge in [-0.2, -0.15) is 13.2 Å². The van der Waals surface area contributed by atoms with E-state index in [1.165, 1.54) is 25.5 Å². The van der Waals surface area contributed by atoms with Crippen LogP contribution in [0.3, 0.4) is 0 Å². The molecule has 46 heavy (non-hydrogen) atoms. The molecule has 1 heterocycles. The molecule has 1 aliphatic heterocycles. The number of esters is 1. The minimum atomic E-state index is -5.11. The third-order valence-corrected chi connectivity index (χ3v) is 9.54. The van der Waals surface area contributed by atoms with Crippen LogP contribution >= 0.6 is 0 Å². The lowest BCUT2D eigenvalue weighted by Gasteiger charge is -2.31. The van der Waals surface area contributed by atoms with Crippen molar-refractivity contribution in [3.8, 4) is 22.6 Å². The van der Waals surface area contributed by atoms with Gasteiger partial charge in [0.15, 0.2) is 0 Å². The molecule has 1 unspecified atom stereocenters. The van der Waals surface area contributed by atoms with Crippen LogP contribution in [0, 0.1) is 13.8 Å². The second-order valence-electron chi connectivity index (χ2n) is 11.9. The van der Waals surface area contributed by atoms with E-state index in [0.29, 0.717) is 35.5 Å². The van der Waals surface area contributed by atoms with Gasteiger partial charge in [-0.25, -0.2) is 8.42 Å². The zero-order chi connectivity index (χ0) is 33.4. The van der Waals surface area contributed by atoms with Gasteiger partial charge in [-0.1, -0.05) is 24.3 Å². The SMILES string of the molecule is COC(=O)C[C@@H]1COc2cc(N(C(=O)C(F)(F)F)C3CCc4c(-c5c(C)cc(OCCCS(C)(=O)=O)cc5C)cccc43)ccc21. The first-order valence-electron chi connectivity index (χ1n) is 15.0. The summed E-state index contributed by atoms with van der Waals surface area (Å²) in [5, 5.41) is 0. The number of nitrogens with zero attached hydrogens (tertiary/aromatic N) is 1. The fourth-order valence-corrected chi connectivity index (χ4v) is 7.16. The maximum absolute atomic E-state index is 14.1. The van der Waals surface area contributed by atoms with Gasteiger partial charge in [0.2, 0.25) is 0 Å². The van der Waals surface area contributed by atoms with E-state index in [2.05, 4.69) is 0 Å². The molecule has 5 rings (SSSR count). The number of fused-ring (bicyclic) bond motifs is 2. The highest BCUT2D eigenvalue weighted by Gasteiger charge is 2.47. The summed E-state index contributed by atoms with van der Waals surface area (Å²) in [7, 11) is -1.80. The third-order valence-electron chi connectivity index (χ3n) is 8.51. The van der Waals surface area contributed by atoms with Crippen molar-refractivity contribution in [2.75, 3.05) is 37.2 Å². The predicted molar refractivity (Wildman–Crippen MR) is 167 cm³/mol. The van der Waals surface area contributed by atoms with Gasteiger partial charge in [0.25, 0.3) is 0 Å². The number of alkyl halides is 3. The number of aryl methyl sites for hydroxylation is 2. The van der Waals surface area contributed by atoms with Crippen LogP contribution in [0.5, 0.6) is 11.5 Å². The first-order chi connectivity index (χ1) is 21.7. The molecule has 1 amide bonds. The predicted octanol–water partition coefficient (Wildman–Crippen LogP) is 6.41. The number of halogens is 3. The highest BCUT2D eigenvalue weighted by Crippen LogP contribution is 2.47. The number of carbonyl (C=O) groups is 2. The van der Waals surface area contributed by atoms with Crippen molar-refractivity contribution < 1.29 is 45.4 Å². The molecule has 0 aromatic heterocycles. The Morgan fingerprint density at radius 1 is 1.04 bits per heavy atom. The van der Waals surface area contributed by atoms with Gasteiger partial charge in [-0.15, -0.1) is 0 Å². The normalized spacial score (nSPS) is 17.2. The zero-order valence-corrected chi connectivity index (χ0v) is 26.9. The molecule has 246 valence electrons. The standard InChI is InChI=1S/C34H36F3NO7S/c1-20-15-24(44-13-6-14-46(4,41)42)16-21(2)32(20)28-8-5-7-27-26(28)11-12-29(27)38(33(40)34(35,36)37)23-9-10-25-22(17-31(39)43-3)19-45-30(25)18-23/h5,7-10,15-16,18,22,29H,6,11-14,17,19H2,1-4H3/t22-,29?/m1/s1. The Hall–Kier alpha value is -4.06. The van der Waals surface area contributed by atoms with Crippen molar-refractivity contribution in [1.29, 1.82) is 0 Å². The minimum Gasteiger partial charge on any atom is -0.494 e. The Morgan fingerprint density at radius 3 is 2.41 bits per heavy atom. The number of methoxy groups -OCH3 is 1. The molecule has 3 aromatic carbocycles. The van der Waals surface area contributed by atoms with Crippen molar-refractivity contribution in [2.45, 2.75) is 57.7 Å². The van der Waals surface area contributed by atoms with Gasteiger partial charge in [0.1, 0.15) is 21.3 Å². The number of ether oxygens (including phenoxy) is 3. The Kier molecular flexibility index (Phi) is 9.40. The van der Waals surface area contributed by atoms with Crippen LogP contribution in [0.4, 0.5) is 18.9 Å². The molecule has 2 atom stereocenters. The van der Waals surface area contributed by atoms with Crippen LogP contribution in [0.15, 0.2) is 48.5 Å². The summed E-state index contributed by atoms with van der Waals surface area (Å²) in [6, 6.07) is 12.9. The van der Waals surface area contributed by atoms with E-state index in [0.717, 1.165) is 32.7 Å². The number of sulfone groups is 1. The average Bonchev–Trinajstić information content (AvgIpc) is 3.59. The molecule has 0 saturated heterocycles. The van der Waals surface area contributed by atoms with E-state index in [1.54, 1.807) is 18.2 Å². The van der Waals surface area contributed by atoms with E-state index in [9.17, 15) is 31.2 Å². The van der Waals surface area contributed by atoms with Crippen LogP contribution in [0.2, 0.25) is 0 Å². The lowest BCUT2D eigenvalue weighted by molar-refractivity contribution is -0.171. The number of hydrogen-bond acceptors (Lipinski definition) is 7. The molecular weight excluding hydrogens is 623 g/mol. The second kappa shape index (κ2) is 13.0. The number of carbonyl (C=O) groups excluding carboxylic acids is 2. The summed E-state index contributed by atoms with van der Waals surface area (Å²) in [6.07, 6.45) is -2.75. The van der Waals surface area contributed by atoms with Crippen LogP contribution in [-0.4, -0.2) is 58.8 Å². The average molecular weight is 660 g/mol. The number of anilines is 1. The first-order valence-corrected chi connectivity index (χ1v) is 17.0. The van der Waals surface area contributed by atoms with E-state index >= 15 is 0 Å². The molecule has 8 nitrogen and oxygen atoms in total. The Balaban J connectivity index is 1.47. The highest BCUT2D eigenvalue weighted by molar-refractivity contribution is 7.90. The summed E-state index contributed by atoms with van der Waals surface area (Å²) in [6.45, 7) is 4.28. The molecule has 1 aliphatic carbocycles. The monoisotopic (exact) mass is 659 g/mol. The van der Waals surface area contributed by atoms with Crippen LogP contribution < -0.4 is 14.4 Å². The molecule has 0 fully saturated rings. The van der Waals surface area contributed by atoms with Gasteiger partial charge in [-0.05, 0) is 84.7 Å². The van der Waals surface area contributed by atoms with E-state index < -0.39 is 33.9 Å². The smallest absolute Gasteiger partial charge is 0.471 e. The fourth-order valence-electron chi connectivity index (χ4n) is 6.52. The molecule has 12 heteroatoms. The maximum Gasteiger partial charge on any atom is 0.471 e.